The normalized spacial score (nSPS) is 10.0. The van der Waals surface area contributed by atoms with Crippen molar-refractivity contribution in [2.45, 2.75) is 6.18 Å². The number of phenolic OH excluding ortho intramolecular Hbond substituents is 1. The van der Waals surface area contributed by atoms with E-state index in [4.69, 9.17) is 19.7 Å². The van der Waals surface area contributed by atoms with Gasteiger partial charge >= 0.3 is 12.1 Å². The molecule has 0 unspecified atom stereocenters. The van der Waals surface area contributed by atoms with Gasteiger partial charge in [-0.05, 0) is 24.3 Å². The Morgan fingerprint density at radius 3 is 1.88 bits per heavy atom. The van der Waals surface area contributed by atoms with Gasteiger partial charge in [-0.2, -0.15) is 13.2 Å². The monoisotopic (exact) mass is 238 g/mol. The van der Waals surface area contributed by atoms with Gasteiger partial charge in [0.1, 0.15) is 11.5 Å². The summed E-state index contributed by atoms with van der Waals surface area (Å²) in [6.45, 7) is 0. The average Bonchev–Trinajstić information content (AvgIpc) is 2.18. The van der Waals surface area contributed by atoms with E-state index in [-0.39, 0.29) is 5.75 Å². The van der Waals surface area contributed by atoms with Gasteiger partial charge in [0.15, 0.2) is 0 Å². The van der Waals surface area contributed by atoms with Crippen LogP contribution in [0, 0.1) is 0 Å². The number of benzene rings is 1. The third kappa shape index (κ3) is 5.74. The third-order valence-corrected chi connectivity index (χ3v) is 1.31. The largest absolute Gasteiger partial charge is 0.508 e. The zero-order valence-corrected chi connectivity index (χ0v) is 8.15. The molecule has 0 heterocycles. The molecule has 0 saturated heterocycles. The summed E-state index contributed by atoms with van der Waals surface area (Å²) in [5.74, 6) is -1.74. The highest BCUT2D eigenvalue weighted by Crippen LogP contribution is 2.14. The zero-order chi connectivity index (χ0) is 12.8. The number of hydrogen-bond donors (Lipinski definition) is 2. The number of hydrogen-bond acceptors (Lipinski definition) is 3. The third-order valence-electron chi connectivity index (χ3n) is 1.31. The highest BCUT2D eigenvalue weighted by molar-refractivity contribution is 5.73. The fraction of sp³-hybridized carbons (Fsp3) is 0.222. The number of carboxylic acids is 1. The molecule has 4 nitrogen and oxygen atoms in total. The minimum atomic E-state index is -5.08. The molecule has 0 saturated carbocycles. The zero-order valence-electron chi connectivity index (χ0n) is 8.15. The number of aliphatic carboxylic acids is 1. The van der Waals surface area contributed by atoms with Gasteiger partial charge in [0.25, 0.3) is 0 Å². The fourth-order valence-electron chi connectivity index (χ4n) is 0.582. The minimum absolute atomic E-state index is 0.260. The first-order chi connectivity index (χ1) is 7.27. The molecule has 0 bridgehead atoms. The van der Waals surface area contributed by atoms with E-state index in [0.717, 1.165) is 5.75 Å². The van der Waals surface area contributed by atoms with Crippen molar-refractivity contribution < 1.29 is 32.9 Å². The van der Waals surface area contributed by atoms with Gasteiger partial charge in [-0.3, -0.25) is 0 Å². The summed E-state index contributed by atoms with van der Waals surface area (Å²) in [4.78, 5) is 8.90. The van der Waals surface area contributed by atoms with Crippen molar-refractivity contribution in [1.29, 1.82) is 0 Å². The molecule has 0 aromatic heterocycles. The van der Waals surface area contributed by atoms with E-state index in [1.807, 2.05) is 0 Å². The van der Waals surface area contributed by atoms with Crippen LogP contribution in [0.3, 0.4) is 0 Å². The molecule has 1 aromatic carbocycles. The summed E-state index contributed by atoms with van der Waals surface area (Å²) in [5.41, 5.74) is 0. The number of rotatable bonds is 1. The van der Waals surface area contributed by atoms with Crippen LogP contribution in [0.5, 0.6) is 11.5 Å². The molecule has 1 aromatic rings. The number of methoxy groups -OCH3 is 1. The first kappa shape index (κ1) is 14.1. The van der Waals surface area contributed by atoms with Crippen molar-refractivity contribution in [1.82, 2.24) is 0 Å². The second kappa shape index (κ2) is 5.84. The lowest BCUT2D eigenvalue weighted by atomic mass is 10.3. The predicted octanol–water partition coefficient (Wildman–Crippen LogP) is 2.03. The molecular formula is C9H9F3O4. The van der Waals surface area contributed by atoms with Crippen LogP contribution >= 0.6 is 0 Å². The highest BCUT2D eigenvalue weighted by Gasteiger charge is 2.38. The van der Waals surface area contributed by atoms with Crippen molar-refractivity contribution in [2.24, 2.45) is 0 Å². The number of alkyl halides is 3. The molecule has 0 aliphatic rings. The molecule has 0 amide bonds. The maximum atomic E-state index is 10.6. The van der Waals surface area contributed by atoms with Crippen molar-refractivity contribution in [3.8, 4) is 11.5 Å². The molecule has 0 radical (unpaired) electrons. The number of phenols is 1. The van der Waals surface area contributed by atoms with Gasteiger partial charge in [-0.1, -0.05) is 0 Å². The van der Waals surface area contributed by atoms with Crippen LogP contribution in [-0.2, 0) is 4.79 Å². The minimum Gasteiger partial charge on any atom is -0.508 e. The van der Waals surface area contributed by atoms with Gasteiger partial charge in [-0.25, -0.2) is 4.79 Å². The quantitative estimate of drug-likeness (QED) is 0.785. The molecule has 0 fully saturated rings. The van der Waals surface area contributed by atoms with Gasteiger partial charge in [0.2, 0.25) is 0 Å². The maximum absolute atomic E-state index is 10.6. The molecule has 90 valence electrons. The van der Waals surface area contributed by atoms with Crippen LogP contribution in [0.1, 0.15) is 0 Å². The molecule has 0 aliphatic heterocycles. The number of halogens is 3. The van der Waals surface area contributed by atoms with Gasteiger partial charge in [0.05, 0.1) is 7.11 Å². The Hall–Kier alpha value is -1.92. The molecule has 2 N–H and O–H groups in total. The molecule has 0 atom stereocenters. The van der Waals surface area contributed by atoms with E-state index in [0.29, 0.717) is 0 Å². The fourth-order valence-corrected chi connectivity index (χ4v) is 0.582. The summed E-state index contributed by atoms with van der Waals surface area (Å²) in [6, 6.07) is 6.57. The van der Waals surface area contributed by atoms with Crippen LogP contribution in [0.15, 0.2) is 24.3 Å². The number of carbonyl (C=O) groups is 1. The lowest BCUT2D eigenvalue weighted by Crippen LogP contribution is -2.21. The summed E-state index contributed by atoms with van der Waals surface area (Å²) in [6.07, 6.45) is -5.08. The Balaban J connectivity index is 0.000000293. The van der Waals surface area contributed by atoms with Gasteiger partial charge < -0.3 is 14.9 Å². The van der Waals surface area contributed by atoms with E-state index in [1.165, 1.54) is 0 Å². The summed E-state index contributed by atoms with van der Waals surface area (Å²) in [5, 5.41) is 15.9. The Morgan fingerprint density at radius 1 is 1.25 bits per heavy atom. The summed E-state index contributed by atoms with van der Waals surface area (Å²) >= 11 is 0. The smallest absolute Gasteiger partial charge is 0.490 e. The first-order valence-corrected chi connectivity index (χ1v) is 3.90. The second-order valence-corrected chi connectivity index (χ2v) is 2.50. The van der Waals surface area contributed by atoms with Crippen molar-refractivity contribution in [3.63, 3.8) is 0 Å². The van der Waals surface area contributed by atoms with Gasteiger partial charge in [0, 0.05) is 0 Å². The average molecular weight is 238 g/mol. The Labute approximate surface area is 88.9 Å². The van der Waals surface area contributed by atoms with Crippen LogP contribution in [-0.4, -0.2) is 29.5 Å². The first-order valence-electron chi connectivity index (χ1n) is 3.90. The van der Waals surface area contributed by atoms with Crippen LogP contribution in [0.25, 0.3) is 0 Å². The predicted molar refractivity (Wildman–Crippen MR) is 48.3 cm³/mol. The standard InChI is InChI=1S/C7H8O2.C2HF3O2/c1-9-7-4-2-6(8)3-5-7;3-2(4,5)1(6)7/h2-5,8H,1H3;(H,6,7). The van der Waals surface area contributed by atoms with E-state index in [2.05, 4.69) is 0 Å². The van der Waals surface area contributed by atoms with Crippen molar-refractivity contribution in [3.05, 3.63) is 24.3 Å². The number of ether oxygens (including phenoxy) is 1. The van der Waals surface area contributed by atoms with E-state index in [1.54, 1.807) is 31.4 Å². The summed E-state index contributed by atoms with van der Waals surface area (Å²) < 4.78 is 36.6. The van der Waals surface area contributed by atoms with E-state index >= 15 is 0 Å². The topological polar surface area (TPSA) is 66.8 Å². The number of aromatic hydroxyl groups is 1. The SMILES string of the molecule is COc1ccc(O)cc1.O=C(O)C(F)(F)F. The van der Waals surface area contributed by atoms with Crippen molar-refractivity contribution in [2.75, 3.05) is 7.11 Å². The number of carboxylic acid groups (broad SMARTS) is 1. The Bertz CT molecular complexity index is 332. The van der Waals surface area contributed by atoms with E-state index < -0.39 is 12.1 Å². The van der Waals surface area contributed by atoms with E-state index in [9.17, 15) is 13.2 Å². The molecule has 0 aliphatic carbocycles. The summed E-state index contributed by atoms with van der Waals surface area (Å²) in [7, 11) is 1.59. The molecule has 0 spiro atoms. The highest BCUT2D eigenvalue weighted by atomic mass is 19.4. The lowest BCUT2D eigenvalue weighted by molar-refractivity contribution is -0.192. The van der Waals surface area contributed by atoms with Gasteiger partial charge in [-0.15, -0.1) is 0 Å². The molecular weight excluding hydrogens is 229 g/mol. The molecule has 16 heavy (non-hydrogen) atoms. The Morgan fingerprint density at radius 2 is 1.62 bits per heavy atom. The van der Waals surface area contributed by atoms with Crippen LogP contribution in [0.2, 0.25) is 0 Å². The second-order valence-electron chi connectivity index (χ2n) is 2.50. The van der Waals surface area contributed by atoms with Crippen LogP contribution in [0.4, 0.5) is 13.2 Å². The maximum Gasteiger partial charge on any atom is 0.490 e. The molecule has 7 heteroatoms. The van der Waals surface area contributed by atoms with Crippen molar-refractivity contribution >= 4 is 5.97 Å². The Kier molecular flexibility index (Phi) is 5.14. The molecule has 1 rings (SSSR count). The van der Waals surface area contributed by atoms with Crippen LogP contribution < -0.4 is 4.74 Å². The lowest BCUT2D eigenvalue weighted by Gasteiger charge is -1.96.